The highest BCUT2D eigenvalue weighted by atomic mass is 16.5. The number of methoxy groups -OCH3 is 1. The van der Waals surface area contributed by atoms with Gasteiger partial charge in [-0.2, -0.15) is 0 Å². The highest BCUT2D eigenvalue weighted by Crippen LogP contribution is 2.51. The van der Waals surface area contributed by atoms with Gasteiger partial charge >= 0.3 is 0 Å². The SMILES string of the molecule is CCCNC(=O)C1C(c2ccccc2)C(C(=O)c2ccccc2)C(c2ccccc2)N1C(=O)c1cccc(OC)c1. The summed E-state index contributed by atoms with van der Waals surface area (Å²) in [6, 6.07) is 33.6. The molecular formula is C35H34N2O4. The third kappa shape index (κ3) is 5.64. The van der Waals surface area contributed by atoms with Gasteiger partial charge in [0.25, 0.3) is 5.91 Å². The summed E-state index contributed by atoms with van der Waals surface area (Å²) >= 11 is 0. The number of nitrogens with one attached hydrogen (secondary N) is 1. The van der Waals surface area contributed by atoms with Crippen LogP contribution in [0, 0.1) is 5.92 Å². The third-order valence-corrected chi connectivity index (χ3v) is 7.72. The Balaban J connectivity index is 1.77. The molecule has 1 N–H and O–H groups in total. The minimum atomic E-state index is -0.925. The molecule has 208 valence electrons. The van der Waals surface area contributed by atoms with Crippen LogP contribution in [0.25, 0.3) is 0 Å². The zero-order chi connectivity index (χ0) is 28.8. The molecule has 1 heterocycles. The van der Waals surface area contributed by atoms with Crippen LogP contribution in [0.5, 0.6) is 5.75 Å². The lowest BCUT2D eigenvalue weighted by Crippen LogP contribution is -2.48. The van der Waals surface area contributed by atoms with Gasteiger partial charge in [-0.15, -0.1) is 0 Å². The standard InChI is InChI=1S/C35H34N2O4/c1-3-22-36-34(39)32-29(24-14-7-4-8-15-24)30(33(38)26-18-11-6-12-19-26)31(25-16-9-5-10-17-25)37(32)35(40)27-20-13-21-28(23-27)41-2/h4-21,23,29-32H,3,22H2,1-2H3,(H,36,39). The van der Waals surface area contributed by atoms with Gasteiger partial charge in [0.05, 0.1) is 19.1 Å². The van der Waals surface area contributed by atoms with Gasteiger partial charge in [-0.1, -0.05) is 104 Å². The van der Waals surface area contributed by atoms with Crippen molar-refractivity contribution in [2.45, 2.75) is 31.3 Å². The summed E-state index contributed by atoms with van der Waals surface area (Å²) in [5.74, 6) is -1.48. The predicted molar refractivity (Wildman–Crippen MR) is 159 cm³/mol. The maximum Gasteiger partial charge on any atom is 0.255 e. The van der Waals surface area contributed by atoms with Crippen molar-refractivity contribution in [3.8, 4) is 5.75 Å². The van der Waals surface area contributed by atoms with Crippen LogP contribution in [0.2, 0.25) is 0 Å². The molecule has 1 saturated heterocycles. The van der Waals surface area contributed by atoms with Crippen molar-refractivity contribution in [2.24, 2.45) is 5.92 Å². The van der Waals surface area contributed by atoms with E-state index >= 15 is 0 Å². The second kappa shape index (κ2) is 12.6. The molecule has 6 heteroatoms. The van der Waals surface area contributed by atoms with E-state index in [0.29, 0.717) is 23.4 Å². The Morgan fingerprint density at radius 2 is 1.34 bits per heavy atom. The molecule has 4 aromatic carbocycles. The number of rotatable bonds is 9. The fraction of sp³-hybridized carbons (Fsp3) is 0.229. The number of benzene rings is 4. The van der Waals surface area contributed by atoms with Gasteiger partial charge in [0.2, 0.25) is 5.91 Å². The lowest BCUT2D eigenvalue weighted by molar-refractivity contribution is -0.125. The molecule has 2 amide bonds. The molecule has 0 aliphatic carbocycles. The Morgan fingerprint density at radius 1 is 0.756 bits per heavy atom. The summed E-state index contributed by atoms with van der Waals surface area (Å²) in [6.45, 7) is 2.45. The predicted octanol–water partition coefficient (Wildman–Crippen LogP) is 6.07. The first-order chi connectivity index (χ1) is 20.0. The van der Waals surface area contributed by atoms with E-state index in [9.17, 15) is 14.4 Å². The number of ketones is 1. The fourth-order valence-corrected chi connectivity index (χ4v) is 5.90. The number of amides is 2. The smallest absolute Gasteiger partial charge is 0.255 e. The molecule has 1 aliphatic heterocycles. The van der Waals surface area contributed by atoms with E-state index in [0.717, 1.165) is 17.5 Å². The van der Waals surface area contributed by atoms with E-state index < -0.39 is 23.9 Å². The molecule has 0 aromatic heterocycles. The maximum atomic E-state index is 14.5. The number of carbonyl (C=O) groups excluding carboxylic acids is 3. The monoisotopic (exact) mass is 546 g/mol. The second-order valence-electron chi connectivity index (χ2n) is 10.2. The fourth-order valence-electron chi connectivity index (χ4n) is 5.90. The normalized spacial score (nSPS) is 19.9. The zero-order valence-electron chi connectivity index (χ0n) is 23.3. The summed E-state index contributed by atoms with van der Waals surface area (Å²) < 4.78 is 5.41. The van der Waals surface area contributed by atoms with Crippen molar-refractivity contribution in [1.82, 2.24) is 10.2 Å². The highest BCUT2D eigenvalue weighted by Gasteiger charge is 2.57. The Labute approximate surface area is 241 Å². The molecule has 5 rings (SSSR count). The van der Waals surface area contributed by atoms with E-state index in [-0.39, 0.29) is 17.6 Å². The molecule has 0 radical (unpaired) electrons. The van der Waals surface area contributed by atoms with Crippen molar-refractivity contribution in [2.75, 3.05) is 13.7 Å². The average molecular weight is 547 g/mol. The Bertz CT molecular complexity index is 1490. The van der Waals surface area contributed by atoms with Crippen LogP contribution in [0.15, 0.2) is 115 Å². The van der Waals surface area contributed by atoms with Crippen LogP contribution < -0.4 is 10.1 Å². The number of ether oxygens (including phenoxy) is 1. The lowest BCUT2D eigenvalue weighted by atomic mass is 9.76. The summed E-state index contributed by atoms with van der Waals surface area (Å²) in [4.78, 5) is 44.8. The van der Waals surface area contributed by atoms with Gasteiger partial charge in [0, 0.05) is 23.6 Å². The number of hydrogen-bond donors (Lipinski definition) is 1. The van der Waals surface area contributed by atoms with Crippen LogP contribution in [-0.2, 0) is 4.79 Å². The van der Waals surface area contributed by atoms with Gasteiger partial charge < -0.3 is 15.0 Å². The van der Waals surface area contributed by atoms with Crippen LogP contribution in [0.4, 0.5) is 0 Å². The molecule has 41 heavy (non-hydrogen) atoms. The number of carbonyl (C=O) groups is 3. The summed E-state index contributed by atoms with van der Waals surface area (Å²) in [6.07, 6.45) is 0.743. The topological polar surface area (TPSA) is 75.7 Å². The van der Waals surface area contributed by atoms with Crippen LogP contribution >= 0.6 is 0 Å². The molecule has 4 aromatic rings. The van der Waals surface area contributed by atoms with Gasteiger partial charge in [0.15, 0.2) is 5.78 Å². The first-order valence-corrected chi connectivity index (χ1v) is 14.0. The molecule has 1 aliphatic rings. The maximum absolute atomic E-state index is 14.5. The molecule has 0 spiro atoms. The zero-order valence-corrected chi connectivity index (χ0v) is 23.3. The van der Waals surface area contributed by atoms with Crippen molar-refractivity contribution in [3.05, 3.63) is 138 Å². The van der Waals surface area contributed by atoms with Gasteiger partial charge in [-0.25, -0.2) is 0 Å². The van der Waals surface area contributed by atoms with E-state index in [2.05, 4.69) is 5.32 Å². The molecule has 1 fully saturated rings. The second-order valence-corrected chi connectivity index (χ2v) is 10.2. The van der Waals surface area contributed by atoms with E-state index in [1.54, 1.807) is 48.4 Å². The first kappa shape index (κ1) is 27.8. The largest absolute Gasteiger partial charge is 0.497 e. The number of nitrogens with zero attached hydrogens (tertiary/aromatic N) is 1. The number of Topliss-reactive ketones (excluding diaryl/α,β-unsaturated/α-hetero) is 1. The lowest BCUT2D eigenvalue weighted by Gasteiger charge is -2.32. The number of hydrogen-bond acceptors (Lipinski definition) is 4. The summed E-state index contributed by atoms with van der Waals surface area (Å²) in [5, 5.41) is 3.04. The highest BCUT2D eigenvalue weighted by molar-refractivity contribution is 6.04. The van der Waals surface area contributed by atoms with E-state index in [4.69, 9.17) is 4.74 Å². The average Bonchev–Trinajstić information content (AvgIpc) is 3.40. The molecular weight excluding hydrogens is 512 g/mol. The summed E-state index contributed by atoms with van der Waals surface area (Å²) in [7, 11) is 1.55. The minimum Gasteiger partial charge on any atom is -0.497 e. The molecule has 0 bridgehead atoms. The van der Waals surface area contributed by atoms with Crippen molar-refractivity contribution in [3.63, 3.8) is 0 Å². The van der Waals surface area contributed by atoms with Crippen LogP contribution in [0.1, 0.15) is 57.1 Å². The third-order valence-electron chi connectivity index (χ3n) is 7.72. The van der Waals surface area contributed by atoms with Crippen molar-refractivity contribution >= 4 is 17.6 Å². The first-order valence-electron chi connectivity index (χ1n) is 14.0. The van der Waals surface area contributed by atoms with E-state index in [1.807, 2.05) is 85.8 Å². The molecule has 0 saturated carbocycles. The van der Waals surface area contributed by atoms with Crippen LogP contribution in [-0.4, -0.2) is 42.2 Å². The Morgan fingerprint density at radius 3 is 1.95 bits per heavy atom. The quantitative estimate of drug-likeness (QED) is 0.259. The Hall–Kier alpha value is -4.71. The number of likely N-dealkylation sites (tertiary alicyclic amines) is 1. The molecule has 6 nitrogen and oxygen atoms in total. The van der Waals surface area contributed by atoms with Gasteiger partial charge in [-0.3, -0.25) is 14.4 Å². The molecule has 4 atom stereocenters. The van der Waals surface area contributed by atoms with Crippen LogP contribution in [0.3, 0.4) is 0 Å². The Kier molecular flexibility index (Phi) is 8.59. The van der Waals surface area contributed by atoms with Gasteiger partial charge in [0.1, 0.15) is 11.8 Å². The van der Waals surface area contributed by atoms with Gasteiger partial charge in [-0.05, 0) is 35.7 Å². The van der Waals surface area contributed by atoms with Crippen molar-refractivity contribution < 1.29 is 19.1 Å². The summed E-state index contributed by atoms with van der Waals surface area (Å²) in [5.41, 5.74) is 2.56. The van der Waals surface area contributed by atoms with Crippen molar-refractivity contribution in [1.29, 1.82) is 0 Å². The van der Waals surface area contributed by atoms with E-state index in [1.165, 1.54) is 0 Å². The minimum absolute atomic E-state index is 0.109. The molecule has 4 unspecified atom stereocenters.